The van der Waals surface area contributed by atoms with E-state index in [1.807, 2.05) is 20.8 Å². The van der Waals surface area contributed by atoms with E-state index in [1.54, 1.807) is 11.8 Å². The van der Waals surface area contributed by atoms with Crippen LogP contribution in [0.5, 0.6) is 0 Å². The minimum absolute atomic E-state index is 0.0940. The predicted octanol–water partition coefficient (Wildman–Crippen LogP) is 2.20. The van der Waals surface area contributed by atoms with Crippen LogP contribution < -0.4 is 16.4 Å². The highest BCUT2D eigenvalue weighted by molar-refractivity contribution is 5.92. The van der Waals surface area contributed by atoms with E-state index in [1.165, 1.54) is 0 Å². The van der Waals surface area contributed by atoms with Crippen LogP contribution in [0.3, 0.4) is 0 Å². The molecular weight excluding hydrogens is 426 g/mol. The van der Waals surface area contributed by atoms with Gasteiger partial charge in [0.2, 0.25) is 11.8 Å². The molecule has 0 aromatic rings. The van der Waals surface area contributed by atoms with Gasteiger partial charge in [-0.05, 0) is 63.2 Å². The third-order valence-electron chi connectivity index (χ3n) is 6.47. The summed E-state index contributed by atoms with van der Waals surface area (Å²) in [6, 6.07) is -1.27. The first-order valence-electron chi connectivity index (χ1n) is 12.0. The molecule has 2 fully saturated rings. The summed E-state index contributed by atoms with van der Waals surface area (Å²) in [5, 5.41) is 17.7. The molecule has 0 bridgehead atoms. The number of hydrogen-bond acceptors (Lipinski definition) is 6. The normalized spacial score (nSPS) is 24.8. The third kappa shape index (κ3) is 8.08. The molecule has 0 aromatic heterocycles. The predicted molar refractivity (Wildman–Crippen MR) is 125 cm³/mol. The van der Waals surface area contributed by atoms with Crippen LogP contribution in [-0.2, 0) is 14.3 Å². The first-order chi connectivity index (χ1) is 15.6. The Morgan fingerprint density at radius 3 is 2.42 bits per heavy atom. The molecule has 0 aromatic carbocycles. The Bertz CT molecular complexity index is 713. The molecule has 10 nitrogen and oxygen atoms in total. The molecule has 1 saturated heterocycles. The minimum Gasteiger partial charge on any atom is -0.450 e. The van der Waals surface area contributed by atoms with Crippen LogP contribution in [0.1, 0.15) is 72.6 Å². The number of carbonyl (C=O) groups is 3. The molecule has 1 aliphatic carbocycles. The fourth-order valence-electron chi connectivity index (χ4n) is 4.74. The molecule has 33 heavy (non-hydrogen) atoms. The molecule has 0 radical (unpaired) electrons. The van der Waals surface area contributed by atoms with Crippen LogP contribution in [0.4, 0.5) is 4.79 Å². The third-order valence-corrected chi connectivity index (χ3v) is 6.47. The van der Waals surface area contributed by atoms with Gasteiger partial charge in [-0.3, -0.25) is 9.59 Å². The van der Waals surface area contributed by atoms with Gasteiger partial charge in [-0.1, -0.05) is 25.9 Å². The molecule has 2 rings (SSSR count). The number of rotatable bonds is 8. The topological polar surface area (TPSA) is 146 Å². The average molecular weight is 468 g/mol. The fourth-order valence-corrected chi connectivity index (χ4v) is 4.74. The van der Waals surface area contributed by atoms with Crippen LogP contribution >= 0.6 is 0 Å². The second-order valence-corrected chi connectivity index (χ2v) is 10.4. The van der Waals surface area contributed by atoms with Gasteiger partial charge in [0, 0.05) is 19.0 Å². The lowest BCUT2D eigenvalue weighted by Crippen LogP contribution is -2.54. The molecule has 3 amide bonds. The molecule has 2 aliphatic rings. The van der Waals surface area contributed by atoms with Crippen LogP contribution in [0.15, 0.2) is 5.16 Å². The number of amidine groups is 1. The molecule has 1 aliphatic heterocycles. The molecule has 5 N–H and O–H groups in total. The number of oxime groups is 1. The Kier molecular flexibility index (Phi) is 9.79. The summed E-state index contributed by atoms with van der Waals surface area (Å²) in [7, 11) is 0. The van der Waals surface area contributed by atoms with E-state index in [0.29, 0.717) is 31.8 Å². The Labute approximate surface area is 196 Å². The largest absolute Gasteiger partial charge is 0.450 e. The summed E-state index contributed by atoms with van der Waals surface area (Å²) in [6.45, 7) is 8.98. The summed E-state index contributed by atoms with van der Waals surface area (Å²) >= 11 is 0. The maximum Gasteiger partial charge on any atom is 0.407 e. The lowest BCUT2D eigenvalue weighted by Gasteiger charge is -2.32. The SMILES string of the molecule is CCOC(=O)N[C@H](CC(C)(C)C)C(=O)N1CCC[C@H]1C(=O)NC[C@H]1CC[C@H](C(N)=NO)CC1. The van der Waals surface area contributed by atoms with Crippen molar-refractivity contribution in [1.29, 1.82) is 0 Å². The second kappa shape index (κ2) is 12.1. The molecule has 0 unspecified atom stereocenters. The van der Waals surface area contributed by atoms with E-state index in [0.717, 1.165) is 32.1 Å². The number of nitrogens with zero attached hydrogens (tertiary/aromatic N) is 2. The van der Waals surface area contributed by atoms with Gasteiger partial charge in [0.25, 0.3) is 0 Å². The molecule has 1 heterocycles. The van der Waals surface area contributed by atoms with E-state index in [4.69, 9.17) is 15.7 Å². The Morgan fingerprint density at radius 2 is 1.85 bits per heavy atom. The average Bonchev–Trinajstić information content (AvgIpc) is 3.25. The molecule has 2 atom stereocenters. The maximum atomic E-state index is 13.3. The van der Waals surface area contributed by atoms with Crippen molar-refractivity contribution in [1.82, 2.24) is 15.5 Å². The lowest BCUT2D eigenvalue weighted by molar-refractivity contribution is -0.140. The summed E-state index contributed by atoms with van der Waals surface area (Å²) in [4.78, 5) is 39.9. The summed E-state index contributed by atoms with van der Waals surface area (Å²) in [6.07, 6.45) is 4.63. The van der Waals surface area contributed by atoms with E-state index >= 15 is 0 Å². The Morgan fingerprint density at radius 1 is 1.18 bits per heavy atom. The Balaban J connectivity index is 1.94. The van der Waals surface area contributed by atoms with Crippen molar-refractivity contribution in [2.24, 2.45) is 28.1 Å². The van der Waals surface area contributed by atoms with E-state index < -0.39 is 18.2 Å². The van der Waals surface area contributed by atoms with Gasteiger partial charge in [0.05, 0.1) is 6.61 Å². The Hall–Kier alpha value is -2.52. The first kappa shape index (κ1) is 26.7. The number of hydrogen-bond donors (Lipinski definition) is 4. The molecule has 1 saturated carbocycles. The number of alkyl carbamates (subject to hydrolysis) is 1. The van der Waals surface area contributed by atoms with Gasteiger partial charge in [-0.25, -0.2) is 4.79 Å². The number of nitrogens with one attached hydrogen (secondary N) is 2. The molecule has 10 heteroatoms. The zero-order valence-corrected chi connectivity index (χ0v) is 20.4. The highest BCUT2D eigenvalue weighted by atomic mass is 16.5. The number of amides is 3. The maximum absolute atomic E-state index is 13.3. The highest BCUT2D eigenvalue weighted by Gasteiger charge is 2.39. The van der Waals surface area contributed by atoms with Gasteiger partial charge >= 0.3 is 6.09 Å². The molecular formula is C23H41N5O5. The smallest absolute Gasteiger partial charge is 0.407 e. The summed E-state index contributed by atoms with van der Waals surface area (Å²) in [5.41, 5.74) is 5.52. The lowest BCUT2D eigenvalue weighted by atomic mass is 9.81. The van der Waals surface area contributed by atoms with Crippen LogP contribution in [0.2, 0.25) is 0 Å². The first-order valence-corrected chi connectivity index (χ1v) is 12.0. The number of nitrogens with two attached hydrogens (primary N) is 1. The van der Waals surface area contributed by atoms with Crippen LogP contribution in [0, 0.1) is 17.3 Å². The monoisotopic (exact) mass is 467 g/mol. The van der Waals surface area contributed by atoms with E-state index in [-0.39, 0.29) is 35.6 Å². The minimum atomic E-state index is -0.744. The van der Waals surface area contributed by atoms with Gasteiger partial charge in [-0.15, -0.1) is 0 Å². The summed E-state index contributed by atoms with van der Waals surface area (Å²) in [5.74, 6) is 0.316. The van der Waals surface area contributed by atoms with Crippen molar-refractivity contribution >= 4 is 23.7 Å². The van der Waals surface area contributed by atoms with E-state index in [9.17, 15) is 14.4 Å². The van der Waals surface area contributed by atoms with Crippen LogP contribution in [-0.4, -0.2) is 65.6 Å². The fraction of sp³-hybridized carbons (Fsp3) is 0.826. The number of likely N-dealkylation sites (tertiary alicyclic amines) is 1. The molecule has 188 valence electrons. The van der Waals surface area contributed by atoms with Crippen molar-refractivity contribution in [3.05, 3.63) is 0 Å². The standard InChI is InChI=1S/C23H41N5O5/c1-5-33-22(31)26-17(13-23(2,3)4)21(30)28-12-6-7-18(28)20(29)25-14-15-8-10-16(11-9-15)19(24)27-32/h15-18,32H,5-14H2,1-4H3,(H2,24,27)(H,25,29)(H,26,31)/t15-,16-,17-,18+/m1/s1. The van der Waals surface area contributed by atoms with Crippen LogP contribution in [0.25, 0.3) is 0 Å². The van der Waals surface area contributed by atoms with Crippen molar-refractivity contribution in [3.8, 4) is 0 Å². The van der Waals surface area contributed by atoms with Crippen molar-refractivity contribution in [2.45, 2.75) is 84.7 Å². The highest BCUT2D eigenvalue weighted by Crippen LogP contribution is 2.29. The van der Waals surface area contributed by atoms with Crippen molar-refractivity contribution in [2.75, 3.05) is 19.7 Å². The number of carbonyl (C=O) groups excluding carboxylic acids is 3. The van der Waals surface area contributed by atoms with Gasteiger partial charge in [0.15, 0.2) is 0 Å². The zero-order chi connectivity index (χ0) is 24.6. The van der Waals surface area contributed by atoms with Crippen molar-refractivity contribution < 1.29 is 24.3 Å². The zero-order valence-electron chi connectivity index (χ0n) is 20.4. The molecule has 0 spiro atoms. The van der Waals surface area contributed by atoms with Crippen molar-refractivity contribution in [3.63, 3.8) is 0 Å². The van der Waals surface area contributed by atoms with Gasteiger partial charge < -0.3 is 31.2 Å². The summed E-state index contributed by atoms with van der Waals surface area (Å²) < 4.78 is 4.98. The van der Waals surface area contributed by atoms with E-state index in [2.05, 4.69) is 15.8 Å². The quantitative estimate of drug-likeness (QED) is 0.186. The van der Waals surface area contributed by atoms with Gasteiger partial charge in [0.1, 0.15) is 17.9 Å². The van der Waals surface area contributed by atoms with Gasteiger partial charge in [-0.2, -0.15) is 0 Å². The second-order valence-electron chi connectivity index (χ2n) is 10.4. The number of ether oxygens (including phenoxy) is 1.